The van der Waals surface area contributed by atoms with Gasteiger partial charge in [0, 0.05) is 13.0 Å². The summed E-state index contributed by atoms with van der Waals surface area (Å²) >= 11 is 0. The number of aliphatic hydroxyl groups excluding tert-OH is 1. The van der Waals surface area contributed by atoms with E-state index in [9.17, 15) is 5.11 Å². The maximum Gasteiger partial charge on any atom is 0.138 e. The van der Waals surface area contributed by atoms with Crippen molar-refractivity contribution >= 4 is 0 Å². The molecule has 19 heavy (non-hydrogen) atoms. The lowest BCUT2D eigenvalue weighted by molar-refractivity contribution is -0.0135. The van der Waals surface area contributed by atoms with E-state index in [0.29, 0.717) is 11.8 Å². The molecule has 0 bridgehead atoms. The highest BCUT2D eigenvalue weighted by Crippen LogP contribution is 2.41. The molecule has 0 amide bonds. The molecule has 1 aliphatic rings. The summed E-state index contributed by atoms with van der Waals surface area (Å²) in [6.07, 6.45) is 5.64. The molecular weight excluding hydrogens is 238 g/mol. The molecule has 1 fully saturated rings. The van der Waals surface area contributed by atoms with E-state index in [1.165, 1.54) is 6.42 Å². The van der Waals surface area contributed by atoms with Crippen molar-refractivity contribution in [2.45, 2.75) is 66.0 Å². The molecule has 0 aliphatic heterocycles. The Morgan fingerprint density at radius 3 is 2.79 bits per heavy atom. The Bertz CT molecular complexity index is 413. The van der Waals surface area contributed by atoms with Crippen molar-refractivity contribution in [1.82, 2.24) is 14.8 Å². The minimum Gasteiger partial charge on any atom is -0.393 e. The molecule has 4 heteroatoms. The van der Waals surface area contributed by atoms with Crippen LogP contribution in [0.3, 0.4) is 0 Å². The van der Waals surface area contributed by atoms with Gasteiger partial charge in [-0.15, -0.1) is 0 Å². The number of aliphatic hydroxyl groups is 1. The zero-order chi connectivity index (χ0) is 14.0. The molecule has 4 nitrogen and oxygen atoms in total. The van der Waals surface area contributed by atoms with E-state index in [-0.39, 0.29) is 11.5 Å². The summed E-state index contributed by atoms with van der Waals surface area (Å²) in [6.45, 7) is 9.69. The fraction of sp³-hybridized carbons (Fsp3) is 0.867. The minimum absolute atomic E-state index is 0.0690. The van der Waals surface area contributed by atoms with Gasteiger partial charge < -0.3 is 5.11 Å². The van der Waals surface area contributed by atoms with Crippen LogP contribution in [0.4, 0.5) is 0 Å². The van der Waals surface area contributed by atoms with Crippen LogP contribution in [0.15, 0.2) is 6.33 Å². The first-order valence-electron chi connectivity index (χ1n) is 7.48. The smallest absolute Gasteiger partial charge is 0.138 e. The van der Waals surface area contributed by atoms with E-state index in [2.05, 4.69) is 37.8 Å². The highest BCUT2D eigenvalue weighted by Gasteiger charge is 2.38. The SMILES string of the molecule is CCn1ncnc1CC(C)(C)C1CCC(C)CC1O. The molecule has 3 unspecified atom stereocenters. The largest absolute Gasteiger partial charge is 0.393 e. The lowest BCUT2D eigenvalue weighted by atomic mass is 9.66. The third-order valence-corrected chi connectivity index (χ3v) is 4.69. The number of nitrogens with zero attached hydrogens (tertiary/aromatic N) is 3. The molecule has 2 rings (SSSR count). The van der Waals surface area contributed by atoms with Crippen molar-refractivity contribution in [3.8, 4) is 0 Å². The van der Waals surface area contributed by atoms with Crippen LogP contribution in [0.1, 0.15) is 52.8 Å². The van der Waals surface area contributed by atoms with Gasteiger partial charge in [-0.1, -0.05) is 27.2 Å². The molecule has 0 radical (unpaired) electrons. The second kappa shape index (κ2) is 5.61. The van der Waals surface area contributed by atoms with Gasteiger partial charge in [0.25, 0.3) is 0 Å². The van der Waals surface area contributed by atoms with Crippen LogP contribution < -0.4 is 0 Å². The Balaban J connectivity index is 2.09. The molecule has 1 N–H and O–H groups in total. The van der Waals surface area contributed by atoms with Crippen LogP contribution in [0.25, 0.3) is 0 Å². The van der Waals surface area contributed by atoms with Gasteiger partial charge in [0.15, 0.2) is 0 Å². The molecule has 0 saturated heterocycles. The molecule has 0 aromatic carbocycles. The fourth-order valence-corrected chi connectivity index (χ4v) is 3.49. The number of hydrogen-bond donors (Lipinski definition) is 1. The molecule has 1 aliphatic carbocycles. The molecule has 108 valence electrons. The summed E-state index contributed by atoms with van der Waals surface area (Å²) in [5.74, 6) is 2.06. The van der Waals surface area contributed by atoms with Gasteiger partial charge >= 0.3 is 0 Å². The quantitative estimate of drug-likeness (QED) is 0.910. The highest BCUT2D eigenvalue weighted by atomic mass is 16.3. The van der Waals surface area contributed by atoms with Crippen molar-refractivity contribution in [1.29, 1.82) is 0 Å². The Labute approximate surface area is 116 Å². The number of aromatic nitrogens is 3. The summed E-state index contributed by atoms with van der Waals surface area (Å²) in [4.78, 5) is 4.38. The Morgan fingerprint density at radius 1 is 1.42 bits per heavy atom. The van der Waals surface area contributed by atoms with E-state index in [0.717, 1.165) is 31.6 Å². The summed E-state index contributed by atoms with van der Waals surface area (Å²) in [5.41, 5.74) is 0.0690. The minimum atomic E-state index is -0.170. The lowest BCUT2D eigenvalue weighted by Gasteiger charge is -2.41. The molecule has 1 aromatic rings. The third kappa shape index (κ3) is 3.16. The average molecular weight is 265 g/mol. The lowest BCUT2D eigenvalue weighted by Crippen LogP contribution is -2.40. The zero-order valence-electron chi connectivity index (χ0n) is 12.6. The summed E-state index contributed by atoms with van der Waals surface area (Å²) in [7, 11) is 0. The van der Waals surface area contributed by atoms with Gasteiger partial charge in [0.05, 0.1) is 6.10 Å². The van der Waals surface area contributed by atoms with Crippen LogP contribution in [0.2, 0.25) is 0 Å². The van der Waals surface area contributed by atoms with Gasteiger partial charge in [-0.2, -0.15) is 5.10 Å². The number of hydrogen-bond acceptors (Lipinski definition) is 3. The van der Waals surface area contributed by atoms with Crippen molar-refractivity contribution in [2.75, 3.05) is 0 Å². The normalized spacial score (nSPS) is 28.6. The van der Waals surface area contributed by atoms with Crippen LogP contribution in [-0.4, -0.2) is 26.0 Å². The summed E-state index contributed by atoms with van der Waals surface area (Å²) < 4.78 is 1.96. The molecule has 1 saturated carbocycles. The molecule has 1 aromatic heterocycles. The van der Waals surface area contributed by atoms with Crippen molar-refractivity contribution in [2.24, 2.45) is 17.3 Å². The van der Waals surface area contributed by atoms with E-state index < -0.39 is 0 Å². The fourth-order valence-electron chi connectivity index (χ4n) is 3.49. The van der Waals surface area contributed by atoms with Gasteiger partial charge in [-0.25, -0.2) is 4.98 Å². The Morgan fingerprint density at radius 2 is 2.16 bits per heavy atom. The van der Waals surface area contributed by atoms with Gasteiger partial charge in [0.2, 0.25) is 0 Å². The molecule has 0 spiro atoms. The maximum absolute atomic E-state index is 10.4. The van der Waals surface area contributed by atoms with Crippen LogP contribution in [0, 0.1) is 17.3 Å². The van der Waals surface area contributed by atoms with Crippen LogP contribution in [-0.2, 0) is 13.0 Å². The van der Waals surface area contributed by atoms with E-state index in [1.54, 1.807) is 6.33 Å². The summed E-state index contributed by atoms with van der Waals surface area (Å²) in [6, 6.07) is 0. The number of aryl methyl sites for hydroxylation is 1. The summed E-state index contributed by atoms with van der Waals surface area (Å²) in [5, 5.41) is 14.6. The van der Waals surface area contributed by atoms with Gasteiger partial charge in [0.1, 0.15) is 12.2 Å². The van der Waals surface area contributed by atoms with Crippen molar-refractivity contribution in [3.63, 3.8) is 0 Å². The monoisotopic (exact) mass is 265 g/mol. The van der Waals surface area contributed by atoms with Gasteiger partial charge in [-0.05, 0) is 37.0 Å². The predicted octanol–water partition coefficient (Wildman–Crippen LogP) is 2.66. The van der Waals surface area contributed by atoms with Crippen LogP contribution in [0.5, 0.6) is 0 Å². The molecular formula is C15H27N3O. The number of rotatable bonds is 4. The van der Waals surface area contributed by atoms with Crippen molar-refractivity contribution < 1.29 is 5.11 Å². The Kier molecular flexibility index (Phi) is 4.29. The maximum atomic E-state index is 10.4. The average Bonchev–Trinajstić information content (AvgIpc) is 2.74. The van der Waals surface area contributed by atoms with E-state index in [4.69, 9.17) is 0 Å². The first-order valence-corrected chi connectivity index (χ1v) is 7.48. The first-order chi connectivity index (χ1) is 8.94. The molecule has 3 atom stereocenters. The standard InChI is InChI=1S/C15H27N3O/c1-5-18-14(16-10-17-18)9-15(3,4)12-7-6-11(2)8-13(12)19/h10-13,19H,5-9H2,1-4H3. The molecule has 1 heterocycles. The topological polar surface area (TPSA) is 50.9 Å². The van der Waals surface area contributed by atoms with Gasteiger partial charge in [-0.3, -0.25) is 4.68 Å². The van der Waals surface area contributed by atoms with Crippen LogP contribution >= 0.6 is 0 Å². The first kappa shape index (κ1) is 14.5. The second-order valence-electron chi connectivity index (χ2n) is 6.75. The zero-order valence-corrected chi connectivity index (χ0v) is 12.6. The Hall–Kier alpha value is -0.900. The highest BCUT2D eigenvalue weighted by molar-refractivity contribution is 4.96. The van der Waals surface area contributed by atoms with E-state index >= 15 is 0 Å². The van der Waals surface area contributed by atoms with E-state index in [1.807, 2.05) is 4.68 Å². The third-order valence-electron chi connectivity index (χ3n) is 4.69. The predicted molar refractivity (Wildman–Crippen MR) is 75.7 cm³/mol. The second-order valence-corrected chi connectivity index (χ2v) is 6.75. The van der Waals surface area contributed by atoms with Crippen molar-refractivity contribution in [3.05, 3.63) is 12.2 Å².